The van der Waals surface area contributed by atoms with Gasteiger partial charge in [0.05, 0.1) is 105 Å². The summed E-state index contributed by atoms with van der Waals surface area (Å²) in [7, 11) is 0. The molecule has 0 aromatic carbocycles. The van der Waals surface area contributed by atoms with E-state index in [9.17, 15) is 30.0 Å². The lowest BCUT2D eigenvalue weighted by Crippen LogP contribution is -2.34. The third kappa shape index (κ3) is 49.4. The van der Waals surface area contributed by atoms with E-state index in [0.717, 1.165) is 12.8 Å². The topological polar surface area (TPSA) is 270 Å². The summed E-state index contributed by atoms with van der Waals surface area (Å²) in [5.74, 6) is 1.18. The molecule has 6 unspecified atom stereocenters. The first kappa shape index (κ1) is 62.1. The van der Waals surface area contributed by atoms with Gasteiger partial charge in [-0.1, -0.05) is 33.8 Å². The second kappa shape index (κ2) is 46.3. The molecule has 0 aliphatic rings. The van der Waals surface area contributed by atoms with E-state index in [1.807, 2.05) is 0 Å². The molecule has 0 aliphatic carbocycles. The Kier molecular flexibility index (Phi) is 48.8. The molecule has 0 spiro atoms. The van der Waals surface area contributed by atoms with Gasteiger partial charge in [-0.05, 0) is 24.7 Å². The van der Waals surface area contributed by atoms with Crippen molar-refractivity contribution in [2.24, 2.45) is 11.8 Å². The Morgan fingerprint density at radius 3 is 1.32 bits per heavy atom. The fourth-order valence-electron chi connectivity index (χ4n) is 3.72. The lowest BCUT2D eigenvalue weighted by Gasteiger charge is -2.22. The van der Waals surface area contributed by atoms with Crippen LogP contribution in [0.1, 0.15) is 53.4 Å². The van der Waals surface area contributed by atoms with Crippen molar-refractivity contribution in [1.82, 2.24) is 0 Å². The summed E-state index contributed by atoms with van der Waals surface area (Å²) in [4.78, 5) is 20.0. The van der Waals surface area contributed by atoms with E-state index in [1.54, 1.807) is 6.08 Å². The van der Waals surface area contributed by atoms with Gasteiger partial charge in [0.15, 0.2) is 0 Å². The number of aliphatic carboxylic acids is 2. The van der Waals surface area contributed by atoms with Crippen LogP contribution in [-0.2, 0) is 47.5 Å². The second-order valence-corrected chi connectivity index (χ2v) is 15.6. The number of rotatable bonds is 40. The van der Waals surface area contributed by atoms with Crippen molar-refractivity contribution < 1.29 is 88.3 Å². The summed E-state index contributed by atoms with van der Waals surface area (Å²) in [5.41, 5.74) is 0. The van der Waals surface area contributed by atoms with Crippen molar-refractivity contribution in [3.63, 3.8) is 0 Å². The van der Waals surface area contributed by atoms with Crippen LogP contribution in [0.2, 0.25) is 0 Å². The van der Waals surface area contributed by atoms with Crippen LogP contribution >= 0.6 is 24.4 Å². The molecule has 0 bridgehead atoms. The zero-order chi connectivity index (χ0) is 45.1. The van der Waals surface area contributed by atoms with Crippen molar-refractivity contribution in [3.05, 3.63) is 12.7 Å². The maximum absolute atomic E-state index is 10.5. The molecule has 0 saturated carbocycles. The standard InChI is InChI=1S/C19H38O9S.C17H34O7.C3H6O2S/c1-15(2)3-5-25-12-18(13-26-6-8-29-7-4-19(23)24)28-14-17(10-21)27-11-16(22)9-20;1-4-6-21-11-17(12-22-7-5-14(2)3)24-13-16(9-19)23-10-15(20)8-18;4-3(5)1-2-6/h15-18,20-22H,3-14H2,1-2H3,(H,23,24);4,14-20H,1,5-13H2,2-3H3;6H,1-2H2,(H,4,5). The quantitative estimate of drug-likeness (QED) is 0.0237. The first-order valence-corrected chi connectivity index (χ1v) is 21.8. The van der Waals surface area contributed by atoms with Crippen LogP contribution in [0.25, 0.3) is 0 Å². The van der Waals surface area contributed by atoms with E-state index in [4.69, 9.17) is 58.3 Å². The molecule has 0 heterocycles. The summed E-state index contributed by atoms with van der Waals surface area (Å²) in [6.07, 6.45) is 0.0698. The minimum Gasteiger partial charge on any atom is -0.481 e. The molecule has 18 nitrogen and oxygen atoms in total. The highest BCUT2D eigenvalue weighted by Crippen LogP contribution is 2.07. The number of aliphatic hydroxyl groups is 6. The monoisotopic (exact) mass is 898 g/mol. The predicted molar refractivity (Wildman–Crippen MR) is 227 cm³/mol. The molecular weight excluding hydrogens is 821 g/mol. The molecule has 6 atom stereocenters. The van der Waals surface area contributed by atoms with Crippen molar-refractivity contribution in [2.45, 2.75) is 90.0 Å². The van der Waals surface area contributed by atoms with Crippen LogP contribution in [0.4, 0.5) is 0 Å². The van der Waals surface area contributed by atoms with Gasteiger partial charge in [0, 0.05) is 30.5 Å². The SMILES string of the molecule is C=CCOCC(COCCC(C)C)OCC(CO)OCC(O)CO.CC(C)CCOCC(COCCSCCC(=O)O)OCC(CO)OCC(O)CO.O=C(O)CCS. The first-order chi connectivity index (χ1) is 28.2. The number of carbonyl (C=O) groups is 2. The summed E-state index contributed by atoms with van der Waals surface area (Å²) in [6, 6.07) is 0. The van der Waals surface area contributed by atoms with Crippen molar-refractivity contribution in [1.29, 1.82) is 0 Å². The van der Waals surface area contributed by atoms with Gasteiger partial charge in [0.1, 0.15) is 36.6 Å². The van der Waals surface area contributed by atoms with Crippen LogP contribution in [0.15, 0.2) is 12.7 Å². The largest absolute Gasteiger partial charge is 0.481 e. The first-order valence-electron chi connectivity index (χ1n) is 20.0. The smallest absolute Gasteiger partial charge is 0.304 e. The summed E-state index contributed by atoms with van der Waals surface area (Å²) in [5, 5.41) is 71.3. The maximum atomic E-state index is 10.5. The number of carboxylic acids is 2. The molecule has 20 heteroatoms. The van der Waals surface area contributed by atoms with Crippen LogP contribution < -0.4 is 0 Å². The predicted octanol–water partition coefficient (Wildman–Crippen LogP) is 1.15. The Labute approximate surface area is 361 Å². The van der Waals surface area contributed by atoms with Gasteiger partial charge in [-0.3, -0.25) is 9.59 Å². The van der Waals surface area contributed by atoms with Gasteiger partial charge in [-0.15, -0.1) is 6.58 Å². The summed E-state index contributed by atoms with van der Waals surface area (Å²) in [6.45, 7) is 14.4. The highest BCUT2D eigenvalue weighted by molar-refractivity contribution is 7.99. The molecule has 0 aromatic heterocycles. The highest BCUT2D eigenvalue weighted by atomic mass is 32.2. The number of aliphatic hydroxyl groups excluding tert-OH is 6. The number of carboxylic acid groups (broad SMARTS) is 2. The molecule has 0 radical (unpaired) electrons. The minimum atomic E-state index is -0.999. The highest BCUT2D eigenvalue weighted by Gasteiger charge is 2.18. The van der Waals surface area contributed by atoms with E-state index in [1.165, 1.54) is 11.8 Å². The van der Waals surface area contributed by atoms with Crippen LogP contribution in [-0.4, -0.2) is 212 Å². The molecule has 0 aromatic rings. The Morgan fingerprint density at radius 1 is 0.576 bits per heavy atom. The molecule has 0 aliphatic heterocycles. The Balaban J connectivity index is -0.000000943. The maximum Gasteiger partial charge on any atom is 0.304 e. The molecule has 0 saturated heterocycles. The molecule has 0 amide bonds. The fourth-order valence-corrected chi connectivity index (χ4v) is 4.67. The van der Waals surface area contributed by atoms with Crippen molar-refractivity contribution in [3.8, 4) is 0 Å². The number of thioether (sulfide) groups is 1. The average molecular weight is 899 g/mol. The van der Waals surface area contributed by atoms with Crippen molar-refractivity contribution in [2.75, 3.05) is 123 Å². The van der Waals surface area contributed by atoms with Gasteiger partial charge in [0.25, 0.3) is 0 Å². The van der Waals surface area contributed by atoms with Crippen molar-refractivity contribution >= 4 is 36.3 Å². The van der Waals surface area contributed by atoms with E-state index in [-0.39, 0.29) is 71.3 Å². The van der Waals surface area contributed by atoms with Gasteiger partial charge in [-0.25, -0.2) is 0 Å². The van der Waals surface area contributed by atoms with E-state index >= 15 is 0 Å². The summed E-state index contributed by atoms with van der Waals surface area (Å²) >= 11 is 5.20. The molecular formula is C39H78O18S2. The summed E-state index contributed by atoms with van der Waals surface area (Å²) < 4.78 is 44.4. The third-order valence-electron chi connectivity index (χ3n) is 7.20. The molecule has 8 N–H and O–H groups in total. The molecule has 0 fully saturated rings. The minimum absolute atomic E-state index is 0.0619. The van der Waals surface area contributed by atoms with Gasteiger partial charge in [0.2, 0.25) is 0 Å². The van der Waals surface area contributed by atoms with Gasteiger partial charge >= 0.3 is 11.9 Å². The van der Waals surface area contributed by atoms with E-state index in [2.05, 4.69) is 46.9 Å². The Hall–Kier alpha value is -1.18. The lowest BCUT2D eigenvalue weighted by molar-refractivity contribution is -0.137. The zero-order valence-corrected chi connectivity index (χ0v) is 37.4. The Bertz CT molecular complexity index is 923. The Morgan fingerprint density at radius 2 is 0.983 bits per heavy atom. The van der Waals surface area contributed by atoms with Crippen LogP contribution in [0, 0.1) is 11.8 Å². The number of hydrogen-bond donors (Lipinski definition) is 9. The van der Waals surface area contributed by atoms with Crippen LogP contribution in [0.3, 0.4) is 0 Å². The lowest BCUT2D eigenvalue weighted by atomic mass is 10.1. The van der Waals surface area contributed by atoms with Crippen LogP contribution in [0.5, 0.6) is 0 Å². The molecule has 354 valence electrons. The fraction of sp³-hybridized carbons (Fsp3) is 0.897. The van der Waals surface area contributed by atoms with Gasteiger partial charge < -0.3 is 78.7 Å². The zero-order valence-electron chi connectivity index (χ0n) is 35.7. The molecule has 59 heavy (non-hydrogen) atoms. The van der Waals surface area contributed by atoms with E-state index < -0.39 is 43.0 Å². The van der Waals surface area contributed by atoms with E-state index in [0.29, 0.717) is 81.9 Å². The number of hydrogen-bond acceptors (Lipinski definition) is 18. The number of thiol groups is 1. The second-order valence-electron chi connectivity index (χ2n) is 13.9. The average Bonchev–Trinajstić information content (AvgIpc) is 3.19. The van der Waals surface area contributed by atoms with Gasteiger partial charge in [-0.2, -0.15) is 24.4 Å². The normalized spacial score (nSPS) is 14.4. The molecule has 0 rings (SSSR count). The third-order valence-corrected chi connectivity index (χ3v) is 8.37. The number of ether oxygens (including phenoxy) is 8.